The van der Waals surface area contributed by atoms with Gasteiger partial charge in [-0.2, -0.15) is 0 Å². The molecule has 1 aromatic rings. The average Bonchev–Trinajstić information content (AvgIpc) is 2.42. The van der Waals surface area contributed by atoms with Crippen molar-refractivity contribution in [1.29, 1.82) is 0 Å². The van der Waals surface area contributed by atoms with E-state index in [1.165, 1.54) is 0 Å². The molecule has 1 aromatic heterocycles. The van der Waals surface area contributed by atoms with E-state index in [4.69, 9.17) is 0 Å². The predicted octanol–water partition coefficient (Wildman–Crippen LogP) is 2.08. The molecule has 0 unspecified atom stereocenters. The monoisotopic (exact) mass is 175 g/mol. The first-order chi connectivity index (χ1) is 6.16. The van der Waals surface area contributed by atoms with Crippen molar-refractivity contribution in [2.24, 2.45) is 0 Å². The van der Waals surface area contributed by atoms with Crippen LogP contribution in [0.3, 0.4) is 0 Å². The highest BCUT2D eigenvalue weighted by Gasteiger charge is 2.16. The second-order valence-corrected chi connectivity index (χ2v) is 3.66. The summed E-state index contributed by atoms with van der Waals surface area (Å²) in [5.74, 6) is 2.20. The highest BCUT2D eigenvalue weighted by Crippen LogP contribution is 2.25. The van der Waals surface area contributed by atoms with Gasteiger partial charge in [0.1, 0.15) is 11.6 Å². The summed E-state index contributed by atoms with van der Waals surface area (Å²) in [4.78, 5) is 8.71. The number of fused-ring (bicyclic) bond motifs is 1. The first-order valence-corrected chi connectivity index (χ1v) is 4.47. The molecule has 1 N–H and O–H groups in total. The van der Waals surface area contributed by atoms with Crippen LogP contribution in [0.2, 0.25) is 0 Å². The third-order valence-corrected chi connectivity index (χ3v) is 2.10. The molecule has 2 heterocycles. The molecule has 0 amide bonds. The molecule has 3 nitrogen and oxygen atoms in total. The lowest BCUT2D eigenvalue weighted by Crippen LogP contribution is -1.99. The maximum Gasteiger partial charge on any atom is 0.137 e. The van der Waals surface area contributed by atoms with Crippen molar-refractivity contribution in [3.63, 3.8) is 0 Å². The van der Waals surface area contributed by atoms with E-state index in [1.54, 1.807) is 0 Å². The largest absolute Gasteiger partial charge is 0.344 e. The van der Waals surface area contributed by atoms with E-state index in [2.05, 4.69) is 35.7 Å². The van der Waals surface area contributed by atoms with E-state index in [0.29, 0.717) is 5.92 Å². The Bertz CT molecular complexity index is 355. The Labute approximate surface area is 77.9 Å². The van der Waals surface area contributed by atoms with Crippen LogP contribution in [0, 0.1) is 0 Å². The molecule has 0 aliphatic carbocycles. The Morgan fingerprint density at radius 1 is 1.54 bits per heavy atom. The van der Waals surface area contributed by atoms with Crippen LogP contribution in [0.5, 0.6) is 0 Å². The van der Waals surface area contributed by atoms with Gasteiger partial charge in [-0.05, 0) is 0 Å². The summed E-state index contributed by atoms with van der Waals surface area (Å²) in [6, 6.07) is 0. The standard InChI is InChI=1S/C10H13N3/c1-6(2)9-11-5-8-4-7(3)12-10(8)13-9/h5-6H,3-4H2,1-2H3,(H,11,12,13). The predicted molar refractivity (Wildman–Crippen MR) is 52.6 cm³/mol. The van der Waals surface area contributed by atoms with Gasteiger partial charge in [-0.3, -0.25) is 0 Å². The van der Waals surface area contributed by atoms with Gasteiger partial charge in [-0.1, -0.05) is 20.4 Å². The summed E-state index contributed by atoms with van der Waals surface area (Å²) in [5.41, 5.74) is 2.15. The van der Waals surface area contributed by atoms with Crippen molar-refractivity contribution in [1.82, 2.24) is 9.97 Å². The second-order valence-electron chi connectivity index (χ2n) is 3.66. The lowest BCUT2D eigenvalue weighted by molar-refractivity contribution is 0.774. The SMILES string of the molecule is C=C1Cc2cnc(C(C)C)nc2N1. The Morgan fingerprint density at radius 3 is 3.00 bits per heavy atom. The fourth-order valence-corrected chi connectivity index (χ4v) is 1.38. The number of aromatic nitrogens is 2. The number of allylic oxidation sites excluding steroid dienone is 1. The maximum atomic E-state index is 4.42. The second kappa shape index (κ2) is 2.83. The highest BCUT2D eigenvalue weighted by molar-refractivity contribution is 5.55. The first-order valence-electron chi connectivity index (χ1n) is 4.47. The zero-order valence-electron chi connectivity index (χ0n) is 7.96. The minimum absolute atomic E-state index is 0.376. The number of nitrogens with zero attached hydrogens (tertiary/aromatic N) is 2. The van der Waals surface area contributed by atoms with Crippen molar-refractivity contribution in [3.8, 4) is 0 Å². The Kier molecular flexibility index (Phi) is 1.79. The van der Waals surface area contributed by atoms with Gasteiger partial charge in [0, 0.05) is 29.8 Å². The summed E-state index contributed by atoms with van der Waals surface area (Å²) in [6.45, 7) is 8.04. The third-order valence-electron chi connectivity index (χ3n) is 2.10. The van der Waals surface area contributed by atoms with Crippen LogP contribution >= 0.6 is 0 Å². The minimum Gasteiger partial charge on any atom is -0.344 e. The molecule has 0 radical (unpaired) electrons. The minimum atomic E-state index is 0.376. The number of anilines is 1. The van der Waals surface area contributed by atoms with Crippen LogP contribution in [-0.2, 0) is 6.42 Å². The van der Waals surface area contributed by atoms with Crippen LogP contribution in [0.1, 0.15) is 31.2 Å². The van der Waals surface area contributed by atoms with Gasteiger partial charge >= 0.3 is 0 Å². The number of nitrogens with one attached hydrogen (secondary N) is 1. The number of hydrogen-bond donors (Lipinski definition) is 1. The van der Waals surface area contributed by atoms with Crippen LogP contribution in [0.25, 0.3) is 0 Å². The van der Waals surface area contributed by atoms with Crippen molar-refractivity contribution < 1.29 is 0 Å². The average molecular weight is 175 g/mol. The molecule has 3 heteroatoms. The van der Waals surface area contributed by atoms with E-state index >= 15 is 0 Å². The zero-order valence-corrected chi connectivity index (χ0v) is 7.96. The fourth-order valence-electron chi connectivity index (χ4n) is 1.38. The molecule has 2 rings (SSSR count). The van der Waals surface area contributed by atoms with Gasteiger partial charge in [0.15, 0.2) is 0 Å². The van der Waals surface area contributed by atoms with E-state index < -0.39 is 0 Å². The van der Waals surface area contributed by atoms with E-state index in [1.807, 2.05) is 6.20 Å². The summed E-state index contributed by atoms with van der Waals surface area (Å²) in [5, 5.41) is 3.15. The van der Waals surface area contributed by atoms with E-state index in [0.717, 1.165) is 29.3 Å². The van der Waals surface area contributed by atoms with Gasteiger partial charge < -0.3 is 5.32 Å². The molecule has 68 valence electrons. The molecule has 0 saturated carbocycles. The van der Waals surface area contributed by atoms with Crippen molar-refractivity contribution in [2.45, 2.75) is 26.2 Å². The zero-order chi connectivity index (χ0) is 9.42. The third kappa shape index (κ3) is 1.41. The quantitative estimate of drug-likeness (QED) is 0.710. The molecule has 0 bridgehead atoms. The maximum absolute atomic E-state index is 4.42. The van der Waals surface area contributed by atoms with Gasteiger partial charge in [0.25, 0.3) is 0 Å². The van der Waals surface area contributed by atoms with Gasteiger partial charge in [0.05, 0.1) is 0 Å². The van der Waals surface area contributed by atoms with Gasteiger partial charge in [0.2, 0.25) is 0 Å². The van der Waals surface area contributed by atoms with Crippen LogP contribution in [0.4, 0.5) is 5.82 Å². The smallest absolute Gasteiger partial charge is 0.137 e. The molecule has 0 spiro atoms. The van der Waals surface area contributed by atoms with Gasteiger partial charge in [-0.25, -0.2) is 9.97 Å². The Hall–Kier alpha value is -1.38. The Balaban J connectivity index is 2.40. The van der Waals surface area contributed by atoms with Crippen LogP contribution in [0.15, 0.2) is 18.5 Å². The molecule has 0 fully saturated rings. The normalized spacial score (nSPS) is 14.5. The molecular formula is C10H13N3. The molecular weight excluding hydrogens is 162 g/mol. The fraction of sp³-hybridized carbons (Fsp3) is 0.400. The van der Waals surface area contributed by atoms with Crippen LogP contribution < -0.4 is 5.32 Å². The molecule has 0 saturated heterocycles. The summed E-state index contributed by atoms with van der Waals surface area (Å²) in [7, 11) is 0. The van der Waals surface area contributed by atoms with Gasteiger partial charge in [-0.15, -0.1) is 0 Å². The summed E-state index contributed by atoms with van der Waals surface area (Å²) < 4.78 is 0. The van der Waals surface area contributed by atoms with Crippen molar-refractivity contribution >= 4 is 5.82 Å². The molecule has 1 aliphatic rings. The topological polar surface area (TPSA) is 37.8 Å². The van der Waals surface area contributed by atoms with E-state index in [-0.39, 0.29) is 0 Å². The molecule has 0 aromatic carbocycles. The van der Waals surface area contributed by atoms with E-state index in [9.17, 15) is 0 Å². The molecule has 1 aliphatic heterocycles. The molecule has 13 heavy (non-hydrogen) atoms. The van der Waals surface area contributed by atoms with Crippen molar-refractivity contribution in [2.75, 3.05) is 5.32 Å². The lowest BCUT2D eigenvalue weighted by Gasteiger charge is -2.04. The number of hydrogen-bond acceptors (Lipinski definition) is 3. The summed E-state index contributed by atoms with van der Waals surface area (Å²) >= 11 is 0. The summed E-state index contributed by atoms with van der Waals surface area (Å²) in [6.07, 6.45) is 2.75. The highest BCUT2D eigenvalue weighted by atomic mass is 15.1. The first kappa shape index (κ1) is 8.23. The number of rotatable bonds is 1. The van der Waals surface area contributed by atoms with Crippen LogP contribution in [-0.4, -0.2) is 9.97 Å². The Morgan fingerprint density at radius 2 is 2.31 bits per heavy atom. The molecule has 0 atom stereocenters. The lowest BCUT2D eigenvalue weighted by atomic mass is 10.2. The van der Waals surface area contributed by atoms with Crippen molar-refractivity contribution in [3.05, 3.63) is 29.9 Å².